The summed E-state index contributed by atoms with van der Waals surface area (Å²) in [6.45, 7) is 2.09. The molecule has 108 valence electrons. The molecular weight excluding hydrogens is 284 g/mol. The van der Waals surface area contributed by atoms with Crippen molar-refractivity contribution < 1.29 is 19.1 Å². The SMILES string of the molecule is CCOC(=O)c1ccccc1NC(=O)C(=O)NCCCl. The second-order valence-corrected chi connectivity index (χ2v) is 4.04. The minimum Gasteiger partial charge on any atom is -0.462 e. The van der Waals surface area contributed by atoms with Crippen molar-refractivity contribution in [2.45, 2.75) is 6.92 Å². The van der Waals surface area contributed by atoms with Crippen molar-refractivity contribution >= 4 is 35.1 Å². The summed E-state index contributed by atoms with van der Waals surface area (Å²) in [4.78, 5) is 34.7. The van der Waals surface area contributed by atoms with Crippen molar-refractivity contribution in [2.24, 2.45) is 0 Å². The van der Waals surface area contributed by atoms with Gasteiger partial charge >= 0.3 is 17.8 Å². The maximum absolute atomic E-state index is 11.7. The maximum Gasteiger partial charge on any atom is 0.340 e. The molecule has 0 bridgehead atoms. The zero-order chi connectivity index (χ0) is 15.0. The van der Waals surface area contributed by atoms with Crippen molar-refractivity contribution in [3.63, 3.8) is 0 Å². The highest BCUT2D eigenvalue weighted by Crippen LogP contribution is 2.16. The van der Waals surface area contributed by atoms with Crippen LogP contribution < -0.4 is 10.6 Å². The lowest BCUT2D eigenvalue weighted by atomic mass is 10.2. The Morgan fingerprint density at radius 3 is 2.55 bits per heavy atom. The number of carbonyl (C=O) groups excluding carboxylic acids is 3. The Bertz CT molecular complexity index is 505. The Kier molecular flexibility index (Phi) is 6.52. The number of hydrogen-bond donors (Lipinski definition) is 2. The summed E-state index contributed by atoms with van der Waals surface area (Å²) >= 11 is 5.40. The number of para-hydroxylation sites is 1. The van der Waals surface area contributed by atoms with Gasteiger partial charge in [0.1, 0.15) is 0 Å². The van der Waals surface area contributed by atoms with Crippen LogP contribution in [0.4, 0.5) is 5.69 Å². The van der Waals surface area contributed by atoms with Gasteiger partial charge in [0, 0.05) is 12.4 Å². The molecule has 1 aromatic carbocycles. The number of nitrogens with one attached hydrogen (secondary N) is 2. The lowest BCUT2D eigenvalue weighted by molar-refractivity contribution is -0.136. The largest absolute Gasteiger partial charge is 0.462 e. The first kappa shape index (κ1) is 16.0. The average Bonchev–Trinajstić information content (AvgIpc) is 2.45. The van der Waals surface area contributed by atoms with Gasteiger partial charge in [-0.05, 0) is 19.1 Å². The molecule has 0 heterocycles. The molecule has 0 aliphatic heterocycles. The fraction of sp³-hybridized carbons (Fsp3) is 0.308. The number of ether oxygens (including phenoxy) is 1. The normalized spacial score (nSPS) is 9.70. The molecule has 6 nitrogen and oxygen atoms in total. The van der Waals surface area contributed by atoms with Crippen molar-refractivity contribution in [1.82, 2.24) is 5.32 Å². The molecular formula is C13H15ClN2O4. The van der Waals surface area contributed by atoms with Crippen LogP contribution in [0.3, 0.4) is 0 Å². The highest BCUT2D eigenvalue weighted by Gasteiger charge is 2.17. The first-order valence-electron chi connectivity index (χ1n) is 6.01. The van der Waals surface area contributed by atoms with E-state index < -0.39 is 17.8 Å². The number of esters is 1. The van der Waals surface area contributed by atoms with E-state index in [0.29, 0.717) is 0 Å². The number of hydrogen-bond acceptors (Lipinski definition) is 4. The summed E-state index contributed by atoms with van der Waals surface area (Å²) in [6, 6.07) is 6.29. The predicted molar refractivity (Wildman–Crippen MR) is 74.8 cm³/mol. The molecule has 0 atom stereocenters. The van der Waals surface area contributed by atoms with Crippen LogP contribution >= 0.6 is 11.6 Å². The van der Waals surface area contributed by atoms with Crippen LogP contribution in [0.2, 0.25) is 0 Å². The van der Waals surface area contributed by atoms with E-state index in [0.717, 1.165) is 0 Å². The molecule has 20 heavy (non-hydrogen) atoms. The molecule has 0 aromatic heterocycles. The van der Waals surface area contributed by atoms with E-state index in [9.17, 15) is 14.4 Å². The van der Waals surface area contributed by atoms with Gasteiger partial charge in [0.05, 0.1) is 17.9 Å². The molecule has 0 aliphatic carbocycles. The zero-order valence-electron chi connectivity index (χ0n) is 10.9. The average molecular weight is 299 g/mol. The van der Waals surface area contributed by atoms with Crippen LogP contribution in [0.1, 0.15) is 17.3 Å². The summed E-state index contributed by atoms with van der Waals surface area (Å²) in [7, 11) is 0. The molecule has 1 aromatic rings. The molecule has 0 radical (unpaired) electrons. The highest BCUT2D eigenvalue weighted by molar-refractivity contribution is 6.40. The number of amides is 2. The number of carbonyl (C=O) groups is 3. The summed E-state index contributed by atoms with van der Waals surface area (Å²) < 4.78 is 4.87. The van der Waals surface area contributed by atoms with Crippen molar-refractivity contribution in [2.75, 3.05) is 24.3 Å². The smallest absolute Gasteiger partial charge is 0.340 e. The van der Waals surface area contributed by atoms with E-state index in [1.54, 1.807) is 19.1 Å². The fourth-order valence-electron chi connectivity index (χ4n) is 1.40. The molecule has 0 spiro atoms. The molecule has 2 amide bonds. The van der Waals surface area contributed by atoms with Crippen LogP contribution in [-0.4, -0.2) is 36.8 Å². The molecule has 0 saturated heterocycles. The zero-order valence-corrected chi connectivity index (χ0v) is 11.7. The Morgan fingerprint density at radius 2 is 1.90 bits per heavy atom. The third-order valence-corrected chi connectivity index (χ3v) is 2.45. The van der Waals surface area contributed by atoms with Gasteiger partial charge in [-0.3, -0.25) is 9.59 Å². The monoisotopic (exact) mass is 298 g/mol. The second-order valence-electron chi connectivity index (χ2n) is 3.67. The number of benzene rings is 1. The van der Waals surface area contributed by atoms with Gasteiger partial charge in [0.2, 0.25) is 0 Å². The number of rotatable bonds is 5. The second kappa shape index (κ2) is 8.16. The van der Waals surface area contributed by atoms with E-state index in [2.05, 4.69) is 10.6 Å². The van der Waals surface area contributed by atoms with E-state index in [1.807, 2.05) is 0 Å². The molecule has 1 rings (SSSR count). The number of halogens is 1. The van der Waals surface area contributed by atoms with E-state index in [4.69, 9.17) is 16.3 Å². The Morgan fingerprint density at radius 1 is 1.20 bits per heavy atom. The topological polar surface area (TPSA) is 84.5 Å². The Balaban J connectivity index is 2.79. The first-order chi connectivity index (χ1) is 9.60. The van der Waals surface area contributed by atoms with E-state index in [-0.39, 0.29) is 30.3 Å². The number of alkyl halides is 1. The fourth-order valence-corrected chi connectivity index (χ4v) is 1.49. The van der Waals surface area contributed by atoms with Gasteiger partial charge in [-0.15, -0.1) is 11.6 Å². The summed E-state index contributed by atoms with van der Waals surface area (Å²) in [5, 5.41) is 4.69. The minimum atomic E-state index is -0.869. The first-order valence-corrected chi connectivity index (χ1v) is 6.54. The predicted octanol–water partition coefficient (Wildman–Crippen LogP) is 1.16. The summed E-state index contributed by atoms with van der Waals surface area (Å²) in [5.41, 5.74) is 0.407. The lowest BCUT2D eigenvalue weighted by Gasteiger charge is -2.10. The summed E-state index contributed by atoms with van der Waals surface area (Å²) in [6.07, 6.45) is 0. The molecule has 7 heteroatoms. The Hall–Kier alpha value is -2.08. The minimum absolute atomic E-state index is 0.188. The molecule has 0 fully saturated rings. The van der Waals surface area contributed by atoms with Gasteiger partial charge in [-0.25, -0.2) is 4.79 Å². The van der Waals surface area contributed by atoms with Gasteiger partial charge in [0.15, 0.2) is 0 Å². The molecule has 0 aliphatic rings. The summed E-state index contributed by atoms with van der Waals surface area (Å²) in [5.74, 6) is -2.04. The van der Waals surface area contributed by atoms with Crippen LogP contribution in [0, 0.1) is 0 Å². The molecule has 0 unspecified atom stereocenters. The van der Waals surface area contributed by atoms with Crippen LogP contribution in [0.15, 0.2) is 24.3 Å². The van der Waals surface area contributed by atoms with Gasteiger partial charge in [-0.1, -0.05) is 12.1 Å². The molecule has 2 N–H and O–H groups in total. The van der Waals surface area contributed by atoms with Crippen LogP contribution in [0.5, 0.6) is 0 Å². The third-order valence-electron chi connectivity index (χ3n) is 2.26. The van der Waals surface area contributed by atoms with Crippen molar-refractivity contribution in [1.29, 1.82) is 0 Å². The van der Waals surface area contributed by atoms with Crippen LogP contribution in [-0.2, 0) is 14.3 Å². The Labute approximate surface area is 121 Å². The quantitative estimate of drug-likeness (QED) is 0.485. The third kappa shape index (κ3) is 4.55. The maximum atomic E-state index is 11.7. The van der Waals surface area contributed by atoms with Crippen molar-refractivity contribution in [3.8, 4) is 0 Å². The molecule has 0 saturated carbocycles. The van der Waals surface area contributed by atoms with E-state index >= 15 is 0 Å². The number of anilines is 1. The van der Waals surface area contributed by atoms with Gasteiger partial charge < -0.3 is 15.4 Å². The highest BCUT2D eigenvalue weighted by atomic mass is 35.5. The van der Waals surface area contributed by atoms with Crippen LogP contribution in [0.25, 0.3) is 0 Å². The van der Waals surface area contributed by atoms with Gasteiger partial charge in [0.25, 0.3) is 0 Å². The lowest BCUT2D eigenvalue weighted by Crippen LogP contribution is -2.36. The van der Waals surface area contributed by atoms with Gasteiger partial charge in [-0.2, -0.15) is 0 Å². The van der Waals surface area contributed by atoms with Crippen molar-refractivity contribution in [3.05, 3.63) is 29.8 Å². The standard InChI is InChI=1S/C13H15ClN2O4/c1-2-20-13(19)9-5-3-4-6-10(9)16-12(18)11(17)15-8-7-14/h3-6H,2,7-8H2,1H3,(H,15,17)(H,16,18). The van der Waals surface area contributed by atoms with E-state index in [1.165, 1.54) is 12.1 Å².